The molecule has 0 fully saturated rings. The second kappa shape index (κ2) is 6.91. The Kier molecular flexibility index (Phi) is 4.10. The van der Waals surface area contributed by atoms with Gasteiger partial charge < -0.3 is 9.72 Å². The molecule has 0 saturated heterocycles. The van der Waals surface area contributed by atoms with Crippen molar-refractivity contribution in [3.63, 3.8) is 0 Å². The van der Waals surface area contributed by atoms with Crippen LogP contribution in [0.2, 0.25) is 0 Å². The second-order valence-electron chi connectivity index (χ2n) is 7.12. The molecule has 0 atom stereocenters. The number of pyridine rings is 1. The highest BCUT2D eigenvalue weighted by Crippen LogP contribution is 2.27. The number of nitrogens with zero attached hydrogens (tertiary/aromatic N) is 2. The molecule has 0 aliphatic carbocycles. The largest absolute Gasteiger partial charge is 0.321 e. The van der Waals surface area contributed by atoms with Crippen molar-refractivity contribution in [1.82, 2.24) is 9.38 Å². The zero-order valence-electron chi connectivity index (χ0n) is 16.0. The predicted octanol–water partition coefficient (Wildman–Crippen LogP) is 5.72. The van der Waals surface area contributed by atoms with Gasteiger partial charge >= 0.3 is 0 Å². The Morgan fingerprint density at radius 3 is 2.66 bits per heavy atom. The first-order valence-electron chi connectivity index (χ1n) is 9.53. The lowest BCUT2D eigenvalue weighted by Gasteiger charge is -2.11. The lowest BCUT2D eigenvalue weighted by molar-refractivity contribution is 0.102. The molecule has 0 saturated carbocycles. The number of hydrogen-bond donors (Lipinski definition) is 1. The first kappa shape index (κ1) is 17.2. The summed E-state index contributed by atoms with van der Waals surface area (Å²) in [5.74, 6) is -0.148. The topological polar surface area (TPSA) is 46.4 Å². The van der Waals surface area contributed by atoms with Crippen LogP contribution in [0.4, 0.5) is 5.69 Å². The molecule has 5 rings (SSSR count). The van der Waals surface area contributed by atoms with Gasteiger partial charge in [-0.05, 0) is 42.1 Å². The smallest absolute Gasteiger partial charge is 0.256 e. The maximum atomic E-state index is 13.2. The Balaban J connectivity index is 1.55. The average Bonchev–Trinajstić information content (AvgIpc) is 3.17. The van der Waals surface area contributed by atoms with Crippen LogP contribution in [0.1, 0.15) is 15.9 Å². The number of anilines is 1. The van der Waals surface area contributed by atoms with Crippen molar-refractivity contribution in [2.75, 3.05) is 5.32 Å². The zero-order chi connectivity index (χ0) is 19.8. The van der Waals surface area contributed by atoms with Crippen molar-refractivity contribution in [3.05, 3.63) is 102 Å². The monoisotopic (exact) mass is 377 g/mol. The molecule has 0 bridgehead atoms. The molecular formula is C25H19N3O. The summed E-state index contributed by atoms with van der Waals surface area (Å²) in [5, 5.41) is 5.19. The van der Waals surface area contributed by atoms with Crippen molar-refractivity contribution in [1.29, 1.82) is 0 Å². The van der Waals surface area contributed by atoms with Crippen LogP contribution < -0.4 is 5.32 Å². The Bertz CT molecular complexity index is 1360. The molecule has 0 aliphatic heterocycles. The second-order valence-corrected chi connectivity index (χ2v) is 7.12. The molecule has 5 aromatic rings. The van der Waals surface area contributed by atoms with Crippen molar-refractivity contribution < 1.29 is 4.79 Å². The van der Waals surface area contributed by atoms with E-state index in [-0.39, 0.29) is 5.91 Å². The van der Waals surface area contributed by atoms with Crippen molar-refractivity contribution >= 4 is 28.0 Å². The molecule has 1 amide bonds. The Morgan fingerprint density at radius 2 is 1.72 bits per heavy atom. The van der Waals surface area contributed by atoms with Crippen molar-refractivity contribution in [2.24, 2.45) is 0 Å². The third kappa shape index (κ3) is 3.15. The third-order valence-electron chi connectivity index (χ3n) is 5.10. The van der Waals surface area contributed by atoms with Gasteiger partial charge in [-0.2, -0.15) is 0 Å². The average molecular weight is 377 g/mol. The molecule has 3 aromatic carbocycles. The lowest BCUT2D eigenvalue weighted by atomic mass is 10.0. The van der Waals surface area contributed by atoms with Gasteiger partial charge in [-0.15, -0.1) is 0 Å². The Hall–Kier alpha value is -3.92. The third-order valence-corrected chi connectivity index (χ3v) is 5.10. The van der Waals surface area contributed by atoms with E-state index in [0.29, 0.717) is 5.56 Å². The fourth-order valence-electron chi connectivity index (χ4n) is 3.64. The summed E-state index contributed by atoms with van der Waals surface area (Å²) >= 11 is 0. The van der Waals surface area contributed by atoms with E-state index in [0.717, 1.165) is 38.9 Å². The number of aromatic nitrogens is 2. The molecule has 1 N–H and O–H groups in total. The number of rotatable bonds is 3. The standard InChI is InChI=1S/C25H19N3O/c1-17-13-14-28-16-23(26-24(28)15-17)20-10-4-5-11-21(20)25(29)27-22-12-6-8-18-7-2-3-9-19(18)22/h2-16H,1H3,(H,27,29). The minimum absolute atomic E-state index is 0.148. The predicted molar refractivity (Wildman–Crippen MR) is 117 cm³/mol. The van der Waals surface area contributed by atoms with Gasteiger partial charge in [0, 0.05) is 34.6 Å². The van der Waals surface area contributed by atoms with Crippen LogP contribution in [0.3, 0.4) is 0 Å². The summed E-state index contributed by atoms with van der Waals surface area (Å²) in [6, 6.07) is 25.6. The summed E-state index contributed by atoms with van der Waals surface area (Å²) < 4.78 is 1.97. The maximum absolute atomic E-state index is 13.2. The molecule has 2 heterocycles. The molecule has 4 nitrogen and oxygen atoms in total. The van der Waals surface area contributed by atoms with Gasteiger partial charge in [-0.25, -0.2) is 4.98 Å². The molecular weight excluding hydrogens is 358 g/mol. The normalized spacial score (nSPS) is 11.1. The molecule has 0 unspecified atom stereocenters. The number of carbonyl (C=O) groups excluding carboxylic acids is 1. The Labute approximate surface area is 168 Å². The molecule has 0 aliphatic rings. The van der Waals surface area contributed by atoms with Crippen molar-refractivity contribution in [2.45, 2.75) is 6.92 Å². The SMILES string of the molecule is Cc1ccn2cc(-c3ccccc3C(=O)Nc3cccc4ccccc34)nc2c1. The van der Waals surface area contributed by atoms with Crippen LogP contribution >= 0.6 is 0 Å². The highest BCUT2D eigenvalue weighted by molar-refractivity contribution is 6.12. The summed E-state index contributed by atoms with van der Waals surface area (Å²) in [7, 11) is 0. The minimum Gasteiger partial charge on any atom is -0.321 e. The van der Waals surface area contributed by atoms with E-state index in [1.54, 1.807) is 0 Å². The van der Waals surface area contributed by atoms with Crippen LogP contribution in [0, 0.1) is 6.92 Å². The number of imidazole rings is 1. The van der Waals surface area contributed by atoms with Crippen LogP contribution in [0.15, 0.2) is 91.3 Å². The highest BCUT2D eigenvalue weighted by Gasteiger charge is 2.16. The van der Waals surface area contributed by atoms with Crippen LogP contribution in [-0.4, -0.2) is 15.3 Å². The van der Waals surface area contributed by atoms with Gasteiger partial charge in [0.05, 0.1) is 5.69 Å². The molecule has 29 heavy (non-hydrogen) atoms. The molecule has 0 radical (unpaired) electrons. The van der Waals surface area contributed by atoms with Gasteiger partial charge in [0.25, 0.3) is 5.91 Å². The van der Waals surface area contributed by atoms with Gasteiger partial charge in [-0.3, -0.25) is 4.79 Å². The van der Waals surface area contributed by atoms with E-state index in [9.17, 15) is 4.79 Å². The van der Waals surface area contributed by atoms with Gasteiger partial charge in [0.15, 0.2) is 0 Å². The van der Waals surface area contributed by atoms with E-state index < -0.39 is 0 Å². The molecule has 0 spiro atoms. The van der Waals surface area contributed by atoms with E-state index >= 15 is 0 Å². The first-order chi connectivity index (χ1) is 14.2. The fraction of sp³-hybridized carbons (Fsp3) is 0.0400. The van der Waals surface area contributed by atoms with Crippen LogP contribution in [0.5, 0.6) is 0 Å². The van der Waals surface area contributed by atoms with E-state index in [2.05, 4.69) is 5.32 Å². The van der Waals surface area contributed by atoms with E-state index in [1.165, 1.54) is 0 Å². The number of amides is 1. The fourth-order valence-corrected chi connectivity index (χ4v) is 3.64. The number of carbonyl (C=O) groups is 1. The van der Waals surface area contributed by atoms with Crippen molar-refractivity contribution in [3.8, 4) is 11.3 Å². The quantitative estimate of drug-likeness (QED) is 0.437. The molecule has 140 valence electrons. The first-order valence-corrected chi connectivity index (χ1v) is 9.53. The Morgan fingerprint density at radius 1 is 0.931 bits per heavy atom. The number of aryl methyl sites for hydroxylation is 1. The summed E-state index contributed by atoms with van der Waals surface area (Å²) in [4.78, 5) is 17.9. The maximum Gasteiger partial charge on any atom is 0.256 e. The summed E-state index contributed by atoms with van der Waals surface area (Å²) in [6.45, 7) is 2.04. The minimum atomic E-state index is -0.148. The number of hydrogen-bond acceptors (Lipinski definition) is 2. The summed E-state index contributed by atoms with van der Waals surface area (Å²) in [5.41, 5.74) is 5.00. The number of fused-ring (bicyclic) bond motifs is 2. The lowest BCUT2D eigenvalue weighted by Crippen LogP contribution is -2.13. The van der Waals surface area contributed by atoms with Crippen LogP contribution in [-0.2, 0) is 0 Å². The molecule has 2 aromatic heterocycles. The zero-order valence-corrected chi connectivity index (χ0v) is 16.0. The number of benzene rings is 3. The molecule has 4 heteroatoms. The van der Waals surface area contributed by atoms with E-state index in [4.69, 9.17) is 4.98 Å². The summed E-state index contributed by atoms with van der Waals surface area (Å²) in [6.07, 6.45) is 3.94. The van der Waals surface area contributed by atoms with Gasteiger partial charge in [0.2, 0.25) is 0 Å². The van der Waals surface area contributed by atoms with Gasteiger partial charge in [0.1, 0.15) is 5.65 Å². The van der Waals surface area contributed by atoms with Crippen LogP contribution in [0.25, 0.3) is 27.7 Å². The highest BCUT2D eigenvalue weighted by atomic mass is 16.1. The number of nitrogens with one attached hydrogen (secondary N) is 1. The van der Waals surface area contributed by atoms with Gasteiger partial charge in [-0.1, -0.05) is 54.6 Å². The van der Waals surface area contributed by atoms with E-state index in [1.807, 2.05) is 103 Å².